The number of hydrogen-bond acceptors (Lipinski definition) is 5. The number of aryl methyl sites for hydroxylation is 1. The van der Waals surface area contributed by atoms with Gasteiger partial charge in [-0.3, -0.25) is 0 Å². The second-order valence-electron chi connectivity index (χ2n) is 6.32. The van der Waals surface area contributed by atoms with E-state index in [0.717, 1.165) is 36.8 Å². The Hall–Kier alpha value is -1.20. The van der Waals surface area contributed by atoms with Gasteiger partial charge in [0.25, 0.3) is 0 Å². The number of aromatic nitrogens is 2. The van der Waals surface area contributed by atoms with Crippen molar-refractivity contribution in [2.24, 2.45) is 0 Å². The van der Waals surface area contributed by atoms with Gasteiger partial charge >= 0.3 is 0 Å². The third-order valence-electron chi connectivity index (χ3n) is 4.53. The monoisotopic (exact) mass is 291 g/mol. The first-order chi connectivity index (χ1) is 10.2. The van der Waals surface area contributed by atoms with Crippen LogP contribution in [0.1, 0.15) is 50.0 Å². The van der Waals surface area contributed by atoms with Crippen molar-refractivity contribution in [3.63, 3.8) is 0 Å². The van der Waals surface area contributed by atoms with Crippen LogP contribution in [0.5, 0.6) is 0 Å². The zero-order chi connectivity index (χ0) is 14.7. The average Bonchev–Trinajstić information content (AvgIpc) is 2.86. The highest BCUT2D eigenvalue weighted by atomic mass is 16.5. The third kappa shape index (κ3) is 3.52. The number of nitrogens with zero attached hydrogens (tertiary/aromatic N) is 2. The summed E-state index contributed by atoms with van der Waals surface area (Å²) in [5, 5.41) is 3.58. The van der Waals surface area contributed by atoms with Crippen LogP contribution in [-0.4, -0.2) is 35.3 Å². The zero-order valence-electron chi connectivity index (χ0n) is 13.0. The Balaban J connectivity index is 1.68. The number of nitrogens with one attached hydrogen (secondary N) is 1. The Morgan fingerprint density at radius 2 is 2.19 bits per heavy atom. The molecule has 1 aliphatic carbocycles. The summed E-state index contributed by atoms with van der Waals surface area (Å²) >= 11 is 0. The van der Waals surface area contributed by atoms with Crippen molar-refractivity contribution < 1.29 is 9.47 Å². The first kappa shape index (κ1) is 14.7. The zero-order valence-corrected chi connectivity index (χ0v) is 13.0. The van der Waals surface area contributed by atoms with Crippen LogP contribution in [0, 0.1) is 6.92 Å². The number of hydrogen-bond donors (Lipinski definition) is 1. The summed E-state index contributed by atoms with van der Waals surface area (Å²) in [7, 11) is 1.67. The van der Waals surface area contributed by atoms with Crippen molar-refractivity contribution in [3.05, 3.63) is 17.6 Å². The van der Waals surface area contributed by atoms with E-state index in [4.69, 9.17) is 9.47 Å². The summed E-state index contributed by atoms with van der Waals surface area (Å²) < 4.78 is 11.2. The normalized spacial score (nSPS) is 24.4. The van der Waals surface area contributed by atoms with E-state index in [9.17, 15) is 0 Å². The fourth-order valence-electron chi connectivity index (χ4n) is 3.63. The summed E-state index contributed by atoms with van der Waals surface area (Å²) in [5.74, 6) is 1.65. The van der Waals surface area contributed by atoms with E-state index < -0.39 is 0 Å². The lowest BCUT2D eigenvalue weighted by Gasteiger charge is -2.38. The highest BCUT2D eigenvalue weighted by Gasteiger charge is 2.39. The van der Waals surface area contributed by atoms with Gasteiger partial charge in [0.2, 0.25) is 0 Å². The molecule has 0 aromatic carbocycles. The molecule has 2 heterocycles. The predicted molar refractivity (Wildman–Crippen MR) is 81.3 cm³/mol. The Morgan fingerprint density at radius 3 is 2.95 bits per heavy atom. The number of anilines is 1. The Kier molecular flexibility index (Phi) is 4.40. The van der Waals surface area contributed by atoms with Gasteiger partial charge in [-0.1, -0.05) is 12.8 Å². The van der Waals surface area contributed by atoms with Crippen LogP contribution in [0.25, 0.3) is 0 Å². The summed E-state index contributed by atoms with van der Waals surface area (Å²) in [6.45, 7) is 3.30. The molecule has 0 radical (unpaired) electrons. The number of methoxy groups -OCH3 is 1. The fourth-order valence-corrected chi connectivity index (χ4v) is 3.63. The molecule has 5 heteroatoms. The molecule has 2 aliphatic rings. The second kappa shape index (κ2) is 6.28. The molecule has 5 nitrogen and oxygen atoms in total. The molecule has 1 atom stereocenters. The van der Waals surface area contributed by atoms with Crippen molar-refractivity contribution >= 4 is 5.82 Å². The number of rotatable bonds is 4. The quantitative estimate of drug-likeness (QED) is 0.924. The molecule has 1 N–H and O–H groups in total. The van der Waals surface area contributed by atoms with Gasteiger partial charge in [0.1, 0.15) is 12.4 Å². The molecular weight excluding hydrogens is 266 g/mol. The Bertz CT molecular complexity index is 486. The standard InChI is InChI=1S/C16H25N3O2/c1-12-9-14(19-15(17-12)11-20-2)18-13-5-8-21-16(10-13)6-3-4-7-16/h9,13H,3-8,10-11H2,1-2H3,(H,17,18,19)/t13-/m0/s1. The topological polar surface area (TPSA) is 56.3 Å². The van der Waals surface area contributed by atoms with Crippen molar-refractivity contribution in [1.82, 2.24) is 9.97 Å². The molecule has 21 heavy (non-hydrogen) atoms. The lowest BCUT2D eigenvalue weighted by Crippen LogP contribution is -2.42. The predicted octanol–water partition coefficient (Wildman–Crippen LogP) is 2.84. The van der Waals surface area contributed by atoms with Gasteiger partial charge in [-0.15, -0.1) is 0 Å². The molecule has 0 bridgehead atoms. The SMILES string of the molecule is COCc1nc(C)cc(N[C@H]2CCOC3(CCCC3)C2)n1. The van der Waals surface area contributed by atoms with Gasteiger partial charge in [-0.2, -0.15) is 0 Å². The molecular formula is C16H25N3O2. The van der Waals surface area contributed by atoms with Crippen LogP contribution in [0.2, 0.25) is 0 Å². The lowest BCUT2D eigenvalue weighted by molar-refractivity contribution is -0.0767. The van der Waals surface area contributed by atoms with Gasteiger partial charge in [0, 0.05) is 31.5 Å². The van der Waals surface area contributed by atoms with Gasteiger partial charge in [0.05, 0.1) is 5.60 Å². The van der Waals surface area contributed by atoms with E-state index >= 15 is 0 Å². The van der Waals surface area contributed by atoms with Gasteiger partial charge in [-0.05, 0) is 32.6 Å². The van der Waals surface area contributed by atoms with Crippen LogP contribution in [0.15, 0.2) is 6.07 Å². The minimum absolute atomic E-state index is 0.132. The summed E-state index contributed by atoms with van der Waals surface area (Å²) in [6, 6.07) is 2.46. The molecule has 1 saturated heterocycles. The molecule has 3 rings (SSSR count). The maximum Gasteiger partial charge on any atom is 0.156 e. The minimum atomic E-state index is 0.132. The van der Waals surface area contributed by atoms with E-state index in [-0.39, 0.29) is 5.60 Å². The van der Waals surface area contributed by atoms with Crippen molar-refractivity contribution in [1.29, 1.82) is 0 Å². The molecule has 1 spiro atoms. The summed E-state index contributed by atoms with van der Waals surface area (Å²) in [6.07, 6.45) is 7.17. The molecule has 1 saturated carbocycles. The van der Waals surface area contributed by atoms with E-state index in [1.807, 2.05) is 13.0 Å². The fraction of sp³-hybridized carbons (Fsp3) is 0.750. The van der Waals surface area contributed by atoms with Crippen LogP contribution < -0.4 is 5.32 Å². The van der Waals surface area contributed by atoms with Crippen molar-refractivity contribution in [2.45, 2.75) is 63.7 Å². The molecule has 2 fully saturated rings. The first-order valence-corrected chi connectivity index (χ1v) is 7.93. The minimum Gasteiger partial charge on any atom is -0.377 e. The van der Waals surface area contributed by atoms with Gasteiger partial charge in [0.15, 0.2) is 5.82 Å². The van der Waals surface area contributed by atoms with E-state index in [1.165, 1.54) is 25.7 Å². The largest absolute Gasteiger partial charge is 0.377 e. The average molecular weight is 291 g/mol. The third-order valence-corrected chi connectivity index (χ3v) is 4.53. The maximum atomic E-state index is 6.09. The molecule has 1 aromatic rings. The molecule has 0 amide bonds. The molecule has 116 valence electrons. The van der Waals surface area contributed by atoms with Crippen molar-refractivity contribution in [3.8, 4) is 0 Å². The van der Waals surface area contributed by atoms with Crippen LogP contribution in [-0.2, 0) is 16.1 Å². The maximum absolute atomic E-state index is 6.09. The summed E-state index contributed by atoms with van der Waals surface area (Å²) in [5.41, 5.74) is 1.11. The Labute approximate surface area is 126 Å². The van der Waals surface area contributed by atoms with E-state index in [2.05, 4.69) is 15.3 Å². The smallest absolute Gasteiger partial charge is 0.156 e. The molecule has 0 unspecified atom stereocenters. The van der Waals surface area contributed by atoms with Crippen LogP contribution in [0.4, 0.5) is 5.82 Å². The van der Waals surface area contributed by atoms with E-state index in [0.29, 0.717) is 12.6 Å². The van der Waals surface area contributed by atoms with E-state index in [1.54, 1.807) is 7.11 Å². The Morgan fingerprint density at radius 1 is 1.38 bits per heavy atom. The first-order valence-electron chi connectivity index (χ1n) is 7.93. The molecule has 1 aromatic heterocycles. The van der Waals surface area contributed by atoms with Crippen LogP contribution >= 0.6 is 0 Å². The summed E-state index contributed by atoms with van der Waals surface area (Å²) in [4.78, 5) is 8.93. The van der Waals surface area contributed by atoms with Crippen molar-refractivity contribution in [2.75, 3.05) is 19.0 Å². The van der Waals surface area contributed by atoms with Gasteiger partial charge < -0.3 is 14.8 Å². The lowest BCUT2D eigenvalue weighted by atomic mass is 9.89. The molecule has 1 aliphatic heterocycles. The highest BCUT2D eigenvalue weighted by Crippen LogP contribution is 2.40. The van der Waals surface area contributed by atoms with Crippen LogP contribution in [0.3, 0.4) is 0 Å². The van der Waals surface area contributed by atoms with Gasteiger partial charge in [-0.25, -0.2) is 9.97 Å². The second-order valence-corrected chi connectivity index (χ2v) is 6.32. The number of ether oxygens (including phenoxy) is 2. The highest BCUT2D eigenvalue weighted by molar-refractivity contribution is 5.37.